The van der Waals surface area contributed by atoms with Gasteiger partial charge in [0.25, 0.3) is 0 Å². The summed E-state index contributed by atoms with van der Waals surface area (Å²) in [7, 11) is 0. The zero-order valence-electron chi connectivity index (χ0n) is 10.2. The monoisotopic (exact) mass is 284 g/mol. The standard InChI is InChI=1S/C13H11F3N2O2/c14-13(15,16)9-2-1-7(5-8(9)6-17)11-12(20)10(19)3-4-18-11/h1-2,5,10-11,18-19H,3-4H2. The Labute approximate surface area is 112 Å². The average molecular weight is 284 g/mol. The first-order valence-corrected chi connectivity index (χ1v) is 5.91. The van der Waals surface area contributed by atoms with Gasteiger partial charge in [0, 0.05) is 0 Å². The van der Waals surface area contributed by atoms with Gasteiger partial charge in [-0.2, -0.15) is 18.4 Å². The summed E-state index contributed by atoms with van der Waals surface area (Å²) in [6.07, 6.45) is -5.48. The number of rotatable bonds is 1. The zero-order valence-corrected chi connectivity index (χ0v) is 10.2. The average Bonchev–Trinajstić information content (AvgIpc) is 2.40. The molecule has 1 aliphatic rings. The molecule has 1 aromatic rings. The molecule has 20 heavy (non-hydrogen) atoms. The molecule has 106 valence electrons. The van der Waals surface area contributed by atoms with Gasteiger partial charge < -0.3 is 10.4 Å². The number of Topliss-reactive ketones (excluding diaryl/α,β-unsaturated/α-hetero) is 1. The molecule has 0 radical (unpaired) electrons. The molecule has 2 atom stereocenters. The second-order valence-electron chi connectivity index (χ2n) is 4.51. The molecule has 2 unspecified atom stereocenters. The Hall–Kier alpha value is -1.91. The fourth-order valence-corrected chi connectivity index (χ4v) is 2.16. The highest BCUT2D eigenvalue weighted by molar-refractivity contribution is 5.89. The molecule has 0 saturated carbocycles. The third-order valence-corrected chi connectivity index (χ3v) is 3.18. The number of hydrogen-bond donors (Lipinski definition) is 2. The molecule has 0 aromatic heterocycles. The summed E-state index contributed by atoms with van der Waals surface area (Å²) < 4.78 is 38.0. The molecule has 7 heteroatoms. The summed E-state index contributed by atoms with van der Waals surface area (Å²) in [5.41, 5.74) is -1.32. The number of ketones is 1. The molecule has 2 rings (SSSR count). The van der Waals surface area contributed by atoms with Gasteiger partial charge in [0.1, 0.15) is 6.10 Å². The maximum absolute atomic E-state index is 12.7. The van der Waals surface area contributed by atoms with E-state index in [4.69, 9.17) is 5.26 Å². The van der Waals surface area contributed by atoms with Gasteiger partial charge in [0.15, 0.2) is 5.78 Å². The smallest absolute Gasteiger partial charge is 0.385 e. The summed E-state index contributed by atoms with van der Waals surface area (Å²) >= 11 is 0. The minimum atomic E-state index is -4.62. The maximum atomic E-state index is 12.7. The normalized spacial score (nSPS) is 23.4. The Bertz CT molecular complexity index is 578. The molecule has 1 fully saturated rings. The first kappa shape index (κ1) is 14.5. The number of benzene rings is 1. The Kier molecular flexibility index (Phi) is 3.79. The lowest BCUT2D eigenvalue weighted by molar-refractivity contribution is -0.137. The topological polar surface area (TPSA) is 73.1 Å². The highest BCUT2D eigenvalue weighted by Gasteiger charge is 2.35. The van der Waals surface area contributed by atoms with E-state index in [0.29, 0.717) is 6.54 Å². The number of nitrogens with one attached hydrogen (secondary N) is 1. The molecular formula is C13H11F3N2O2. The van der Waals surface area contributed by atoms with Crippen LogP contribution in [0.25, 0.3) is 0 Å². The van der Waals surface area contributed by atoms with Crippen molar-refractivity contribution >= 4 is 5.78 Å². The molecule has 0 bridgehead atoms. The number of nitrogens with zero attached hydrogens (tertiary/aromatic N) is 1. The molecule has 2 N–H and O–H groups in total. The van der Waals surface area contributed by atoms with E-state index in [9.17, 15) is 23.1 Å². The van der Waals surface area contributed by atoms with Crippen LogP contribution in [-0.2, 0) is 11.0 Å². The highest BCUT2D eigenvalue weighted by atomic mass is 19.4. The Morgan fingerprint density at radius 3 is 2.70 bits per heavy atom. The molecule has 0 spiro atoms. The maximum Gasteiger partial charge on any atom is 0.417 e. The van der Waals surface area contributed by atoms with E-state index >= 15 is 0 Å². The van der Waals surface area contributed by atoms with Crippen molar-refractivity contribution < 1.29 is 23.1 Å². The van der Waals surface area contributed by atoms with Crippen LogP contribution < -0.4 is 5.32 Å². The largest absolute Gasteiger partial charge is 0.417 e. The number of nitriles is 1. The zero-order chi connectivity index (χ0) is 14.9. The van der Waals surface area contributed by atoms with Crippen LogP contribution in [0.5, 0.6) is 0 Å². The molecule has 1 saturated heterocycles. The lowest BCUT2D eigenvalue weighted by Crippen LogP contribution is -2.43. The highest BCUT2D eigenvalue weighted by Crippen LogP contribution is 2.33. The van der Waals surface area contributed by atoms with Crippen molar-refractivity contribution in [2.75, 3.05) is 6.54 Å². The van der Waals surface area contributed by atoms with Crippen LogP contribution >= 0.6 is 0 Å². The molecule has 1 heterocycles. The summed E-state index contributed by atoms with van der Waals surface area (Å²) in [4.78, 5) is 11.8. The number of halogens is 3. The van der Waals surface area contributed by atoms with Gasteiger partial charge in [-0.1, -0.05) is 6.07 Å². The number of carbonyl (C=O) groups excluding carboxylic acids is 1. The van der Waals surface area contributed by atoms with E-state index < -0.39 is 35.2 Å². The van der Waals surface area contributed by atoms with Crippen LogP contribution in [0, 0.1) is 11.3 Å². The van der Waals surface area contributed by atoms with Crippen LogP contribution in [0.1, 0.15) is 29.2 Å². The van der Waals surface area contributed by atoms with Gasteiger partial charge in [0.05, 0.1) is 23.2 Å². The number of aliphatic hydroxyl groups is 1. The third kappa shape index (κ3) is 2.66. The summed E-state index contributed by atoms with van der Waals surface area (Å²) in [6.45, 7) is 0.375. The Balaban J connectivity index is 2.40. The van der Waals surface area contributed by atoms with Crippen LogP contribution in [-0.4, -0.2) is 23.5 Å². The Morgan fingerprint density at radius 1 is 1.40 bits per heavy atom. The van der Waals surface area contributed by atoms with Crippen molar-refractivity contribution in [1.82, 2.24) is 5.32 Å². The van der Waals surface area contributed by atoms with Gasteiger partial charge >= 0.3 is 6.18 Å². The number of alkyl halides is 3. The van der Waals surface area contributed by atoms with E-state index in [1.165, 1.54) is 6.07 Å². The van der Waals surface area contributed by atoms with Crippen molar-refractivity contribution in [2.45, 2.75) is 24.7 Å². The predicted molar refractivity (Wildman–Crippen MR) is 62.5 cm³/mol. The number of hydrogen-bond acceptors (Lipinski definition) is 4. The van der Waals surface area contributed by atoms with Gasteiger partial charge in [-0.25, -0.2) is 0 Å². The van der Waals surface area contributed by atoms with Crippen molar-refractivity contribution in [2.24, 2.45) is 0 Å². The fourth-order valence-electron chi connectivity index (χ4n) is 2.16. The lowest BCUT2D eigenvalue weighted by Gasteiger charge is -2.26. The summed E-state index contributed by atoms with van der Waals surface area (Å²) in [6, 6.07) is 3.57. The first-order valence-electron chi connectivity index (χ1n) is 5.91. The van der Waals surface area contributed by atoms with E-state index in [0.717, 1.165) is 18.2 Å². The van der Waals surface area contributed by atoms with Crippen molar-refractivity contribution in [3.05, 3.63) is 34.9 Å². The number of aliphatic hydroxyl groups excluding tert-OH is 1. The predicted octanol–water partition coefficient (Wildman–Crippen LogP) is 1.54. The van der Waals surface area contributed by atoms with Crippen LogP contribution in [0.4, 0.5) is 13.2 Å². The van der Waals surface area contributed by atoms with Crippen molar-refractivity contribution in [3.8, 4) is 6.07 Å². The molecule has 0 amide bonds. The second-order valence-corrected chi connectivity index (χ2v) is 4.51. The molecule has 1 aromatic carbocycles. The quantitative estimate of drug-likeness (QED) is 0.820. The summed E-state index contributed by atoms with van der Waals surface area (Å²) in [5, 5.41) is 21.1. The molecular weight excluding hydrogens is 273 g/mol. The van der Waals surface area contributed by atoms with Crippen LogP contribution in [0.3, 0.4) is 0 Å². The second kappa shape index (κ2) is 5.23. The van der Waals surface area contributed by atoms with E-state index in [1.807, 2.05) is 0 Å². The number of piperidine rings is 1. The summed E-state index contributed by atoms with van der Waals surface area (Å²) in [5.74, 6) is -0.500. The third-order valence-electron chi connectivity index (χ3n) is 3.18. The Morgan fingerprint density at radius 2 is 2.10 bits per heavy atom. The molecule has 0 aliphatic carbocycles. The van der Waals surface area contributed by atoms with Crippen LogP contribution in [0.15, 0.2) is 18.2 Å². The van der Waals surface area contributed by atoms with Gasteiger partial charge in [-0.3, -0.25) is 4.79 Å². The van der Waals surface area contributed by atoms with Gasteiger partial charge in [0.2, 0.25) is 0 Å². The minimum absolute atomic E-state index is 0.248. The lowest BCUT2D eigenvalue weighted by atomic mass is 9.92. The fraction of sp³-hybridized carbons (Fsp3) is 0.385. The van der Waals surface area contributed by atoms with Gasteiger partial charge in [-0.05, 0) is 30.7 Å². The van der Waals surface area contributed by atoms with E-state index in [2.05, 4.69) is 5.32 Å². The number of carbonyl (C=O) groups is 1. The van der Waals surface area contributed by atoms with Crippen molar-refractivity contribution in [1.29, 1.82) is 5.26 Å². The molecule has 4 nitrogen and oxygen atoms in total. The van der Waals surface area contributed by atoms with E-state index in [1.54, 1.807) is 0 Å². The van der Waals surface area contributed by atoms with Gasteiger partial charge in [-0.15, -0.1) is 0 Å². The first-order chi connectivity index (χ1) is 9.34. The SMILES string of the molecule is N#Cc1cc(C2NCCC(O)C2=O)ccc1C(F)(F)F. The molecule has 1 aliphatic heterocycles. The minimum Gasteiger partial charge on any atom is -0.385 e. The van der Waals surface area contributed by atoms with E-state index in [-0.39, 0.29) is 12.0 Å². The van der Waals surface area contributed by atoms with Crippen molar-refractivity contribution in [3.63, 3.8) is 0 Å². The van der Waals surface area contributed by atoms with Crippen LogP contribution in [0.2, 0.25) is 0 Å².